The molecule has 25 heavy (non-hydrogen) atoms. The molecule has 2 rings (SSSR count). The highest BCUT2D eigenvalue weighted by Gasteiger charge is 2.09. The van der Waals surface area contributed by atoms with E-state index in [1.807, 2.05) is 6.92 Å². The van der Waals surface area contributed by atoms with Crippen LogP contribution in [0.5, 0.6) is 0 Å². The maximum absolute atomic E-state index is 12.1. The smallest absolute Gasteiger partial charge is 0.315 e. The van der Waals surface area contributed by atoms with Gasteiger partial charge in [0.05, 0.1) is 4.92 Å². The number of nitrogens with zero attached hydrogens (tertiary/aromatic N) is 1. The maximum atomic E-state index is 12.1. The maximum Gasteiger partial charge on any atom is 0.315 e. The molecule has 0 spiro atoms. The van der Waals surface area contributed by atoms with Crippen molar-refractivity contribution in [1.29, 1.82) is 0 Å². The SMILES string of the molecule is CCNC(=O)NCc1ccc(NC(=O)c2ccc([N+](=O)[O-])cc2)cc1. The van der Waals surface area contributed by atoms with Crippen molar-refractivity contribution in [2.75, 3.05) is 11.9 Å². The monoisotopic (exact) mass is 342 g/mol. The van der Waals surface area contributed by atoms with E-state index in [1.165, 1.54) is 24.3 Å². The number of anilines is 1. The number of urea groups is 1. The van der Waals surface area contributed by atoms with Gasteiger partial charge >= 0.3 is 6.03 Å². The summed E-state index contributed by atoms with van der Waals surface area (Å²) in [6.45, 7) is 2.77. The number of rotatable bonds is 6. The normalized spacial score (nSPS) is 9.96. The van der Waals surface area contributed by atoms with Crippen LogP contribution in [0.15, 0.2) is 48.5 Å². The van der Waals surface area contributed by atoms with Crippen molar-refractivity contribution >= 4 is 23.3 Å². The number of carbonyl (C=O) groups is 2. The van der Waals surface area contributed by atoms with Crippen LogP contribution in [0.3, 0.4) is 0 Å². The van der Waals surface area contributed by atoms with E-state index < -0.39 is 4.92 Å². The van der Waals surface area contributed by atoms with Gasteiger partial charge in [-0.1, -0.05) is 12.1 Å². The lowest BCUT2D eigenvalue weighted by Gasteiger charge is -2.08. The number of nitro groups is 1. The minimum atomic E-state index is -0.519. The Balaban J connectivity index is 1.92. The third-order valence-corrected chi connectivity index (χ3v) is 3.34. The Labute approximate surface area is 144 Å². The minimum absolute atomic E-state index is 0.0690. The summed E-state index contributed by atoms with van der Waals surface area (Å²) in [6.07, 6.45) is 0. The van der Waals surface area contributed by atoms with Gasteiger partial charge in [0.25, 0.3) is 11.6 Å². The van der Waals surface area contributed by atoms with Crippen LogP contribution in [0.1, 0.15) is 22.8 Å². The van der Waals surface area contributed by atoms with Crippen molar-refractivity contribution in [3.05, 3.63) is 69.8 Å². The molecule has 0 aliphatic carbocycles. The van der Waals surface area contributed by atoms with Crippen LogP contribution in [-0.2, 0) is 6.54 Å². The van der Waals surface area contributed by atoms with Crippen LogP contribution in [0.2, 0.25) is 0 Å². The molecule has 8 nitrogen and oxygen atoms in total. The predicted molar refractivity (Wildman–Crippen MR) is 93.4 cm³/mol. The van der Waals surface area contributed by atoms with Crippen molar-refractivity contribution < 1.29 is 14.5 Å². The first kappa shape index (κ1) is 17.9. The highest BCUT2D eigenvalue weighted by Crippen LogP contribution is 2.15. The van der Waals surface area contributed by atoms with Crippen LogP contribution in [0.4, 0.5) is 16.2 Å². The summed E-state index contributed by atoms with van der Waals surface area (Å²) >= 11 is 0. The summed E-state index contributed by atoms with van der Waals surface area (Å²) in [5.74, 6) is -0.358. The van der Waals surface area contributed by atoms with Crippen LogP contribution in [0.25, 0.3) is 0 Å². The molecule has 0 aliphatic rings. The number of nitro benzene ring substituents is 1. The molecule has 3 amide bonds. The molecule has 3 N–H and O–H groups in total. The fourth-order valence-electron chi connectivity index (χ4n) is 2.05. The largest absolute Gasteiger partial charge is 0.338 e. The third kappa shape index (κ3) is 5.31. The molecule has 0 atom stereocenters. The van der Waals surface area contributed by atoms with E-state index in [4.69, 9.17) is 0 Å². The van der Waals surface area contributed by atoms with E-state index in [2.05, 4.69) is 16.0 Å². The first-order chi connectivity index (χ1) is 12.0. The van der Waals surface area contributed by atoms with Gasteiger partial charge in [0.15, 0.2) is 0 Å². The summed E-state index contributed by atoms with van der Waals surface area (Å²) in [4.78, 5) is 33.5. The summed E-state index contributed by atoms with van der Waals surface area (Å²) in [5.41, 5.74) is 1.73. The van der Waals surface area contributed by atoms with Gasteiger partial charge in [0.2, 0.25) is 0 Å². The molecule has 2 aromatic carbocycles. The van der Waals surface area contributed by atoms with Crippen molar-refractivity contribution in [2.24, 2.45) is 0 Å². The molecule has 0 aliphatic heterocycles. The molecular weight excluding hydrogens is 324 g/mol. The molecule has 0 unspecified atom stereocenters. The van der Waals surface area contributed by atoms with E-state index in [0.717, 1.165) is 5.56 Å². The Morgan fingerprint density at radius 1 is 1.00 bits per heavy atom. The Morgan fingerprint density at radius 2 is 1.64 bits per heavy atom. The first-order valence-corrected chi connectivity index (χ1v) is 7.66. The first-order valence-electron chi connectivity index (χ1n) is 7.66. The Hall–Kier alpha value is -3.42. The van der Waals surface area contributed by atoms with Crippen LogP contribution >= 0.6 is 0 Å². The molecule has 2 aromatic rings. The zero-order chi connectivity index (χ0) is 18.2. The lowest BCUT2D eigenvalue weighted by atomic mass is 10.1. The van der Waals surface area contributed by atoms with Gasteiger partial charge in [-0.25, -0.2) is 4.79 Å². The molecule has 0 aromatic heterocycles. The number of nitrogens with one attached hydrogen (secondary N) is 3. The number of hydrogen-bond donors (Lipinski definition) is 3. The van der Waals surface area contributed by atoms with E-state index >= 15 is 0 Å². The minimum Gasteiger partial charge on any atom is -0.338 e. The third-order valence-electron chi connectivity index (χ3n) is 3.34. The van der Waals surface area contributed by atoms with Gasteiger partial charge in [-0.15, -0.1) is 0 Å². The quantitative estimate of drug-likeness (QED) is 0.553. The Bertz CT molecular complexity index is 757. The number of benzene rings is 2. The lowest BCUT2D eigenvalue weighted by molar-refractivity contribution is -0.384. The molecule has 0 fully saturated rings. The van der Waals surface area contributed by atoms with E-state index in [-0.39, 0.29) is 17.6 Å². The topological polar surface area (TPSA) is 113 Å². The van der Waals surface area contributed by atoms with Gasteiger partial charge < -0.3 is 16.0 Å². The lowest BCUT2D eigenvalue weighted by Crippen LogP contribution is -2.34. The zero-order valence-corrected chi connectivity index (χ0v) is 13.6. The van der Waals surface area contributed by atoms with E-state index in [0.29, 0.717) is 24.3 Å². The van der Waals surface area contributed by atoms with Gasteiger partial charge in [-0.3, -0.25) is 14.9 Å². The average Bonchev–Trinajstić information content (AvgIpc) is 2.61. The van der Waals surface area contributed by atoms with E-state index in [1.54, 1.807) is 24.3 Å². The molecule has 0 bridgehead atoms. The van der Waals surface area contributed by atoms with Crippen molar-refractivity contribution in [3.8, 4) is 0 Å². The zero-order valence-electron chi connectivity index (χ0n) is 13.6. The Morgan fingerprint density at radius 3 is 2.20 bits per heavy atom. The summed E-state index contributed by atoms with van der Waals surface area (Å²) < 4.78 is 0. The van der Waals surface area contributed by atoms with Crippen LogP contribution in [-0.4, -0.2) is 23.4 Å². The van der Waals surface area contributed by atoms with Crippen molar-refractivity contribution in [3.63, 3.8) is 0 Å². The standard InChI is InChI=1S/C17H18N4O4/c1-2-18-17(23)19-11-12-3-7-14(8-4-12)20-16(22)13-5-9-15(10-6-13)21(24)25/h3-10H,2,11H2,1H3,(H,20,22)(H2,18,19,23). The number of amides is 3. The molecule has 0 radical (unpaired) electrons. The average molecular weight is 342 g/mol. The second kappa shape index (κ2) is 8.44. The fraction of sp³-hybridized carbons (Fsp3) is 0.176. The van der Waals surface area contributed by atoms with Crippen molar-refractivity contribution in [2.45, 2.75) is 13.5 Å². The Kier molecular flexibility index (Phi) is 6.05. The van der Waals surface area contributed by atoms with Crippen LogP contribution < -0.4 is 16.0 Å². The molecule has 0 saturated heterocycles. The van der Waals surface area contributed by atoms with Crippen molar-refractivity contribution in [1.82, 2.24) is 10.6 Å². The van der Waals surface area contributed by atoms with Gasteiger partial charge in [0, 0.05) is 36.5 Å². The fourth-order valence-corrected chi connectivity index (χ4v) is 2.05. The second-order valence-corrected chi connectivity index (χ2v) is 5.17. The van der Waals surface area contributed by atoms with E-state index in [9.17, 15) is 19.7 Å². The van der Waals surface area contributed by atoms with Crippen LogP contribution in [0, 0.1) is 10.1 Å². The number of hydrogen-bond acceptors (Lipinski definition) is 4. The summed E-state index contributed by atoms with van der Waals surface area (Å²) in [6, 6.07) is 12.1. The molecule has 0 heterocycles. The summed E-state index contributed by atoms with van der Waals surface area (Å²) in [7, 11) is 0. The van der Waals surface area contributed by atoms with Gasteiger partial charge in [-0.05, 0) is 36.8 Å². The molecule has 130 valence electrons. The number of non-ortho nitro benzene ring substituents is 1. The highest BCUT2D eigenvalue weighted by atomic mass is 16.6. The summed E-state index contributed by atoms with van der Waals surface area (Å²) in [5, 5.41) is 18.7. The molecule has 0 saturated carbocycles. The van der Waals surface area contributed by atoms with Gasteiger partial charge in [-0.2, -0.15) is 0 Å². The number of carbonyl (C=O) groups excluding carboxylic acids is 2. The predicted octanol–water partition coefficient (Wildman–Crippen LogP) is 2.67. The molecular formula is C17H18N4O4. The second-order valence-electron chi connectivity index (χ2n) is 5.17. The van der Waals surface area contributed by atoms with Gasteiger partial charge in [0.1, 0.15) is 0 Å². The molecule has 8 heteroatoms. The highest BCUT2D eigenvalue weighted by molar-refractivity contribution is 6.04.